The molecule has 0 spiro atoms. The number of para-hydroxylation sites is 2. The molecule has 0 N–H and O–H groups in total. The van der Waals surface area contributed by atoms with E-state index < -0.39 is 15.6 Å². The predicted molar refractivity (Wildman–Crippen MR) is 151 cm³/mol. The lowest BCUT2D eigenvalue weighted by Gasteiger charge is -2.14. The Hall–Kier alpha value is -3.06. The van der Waals surface area contributed by atoms with Crippen molar-refractivity contribution in [3.63, 3.8) is 0 Å². The van der Waals surface area contributed by atoms with E-state index in [9.17, 15) is 9.13 Å². The van der Waals surface area contributed by atoms with Gasteiger partial charge >= 0.3 is 0 Å². The molecule has 0 aliphatic rings. The average Bonchev–Trinajstić information content (AvgIpc) is 2.92. The summed E-state index contributed by atoms with van der Waals surface area (Å²) < 4.78 is 37.8. The summed E-state index contributed by atoms with van der Waals surface area (Å²) in [5.74, 6) is 1.65. The molecular formula is C30H32O4P2. The summed E-state index contributed by atoms with van der Waals surface area (Å²) in [5, 5.41) is 1.73. The Labute approximate surface area is 214 Å². The van der Waals surface area contributed by atoms with Crippen molar-refractivity contribution in [2.75, 3.05) is 26.5 Å². The summed E-state index contributed by atoms with van der Waals surface area (Å²) in [6.07, 6.45) is 2.14. The molecule has 0 bridgehead atoms. The zero-order chi connectivity index (χ0) is 25.3. The van der Waals surface area contributed by atoms with Gasteiger partial charge in [0.05, 0.1) is 14.2 Å². The van der Waals surface area contributed by atoms with E-state index in [0.717, 1.165) is 44.4 Å². The van der Waals surface area contributed by atoms with E-state index in [2.05, 4.69) is 0 Å². The SMILES string of the molecule is COc1ccccc1Cc1ccccc1[PH](=O)CC[PH](=O)c1ccccc1Cc1ccccc1OC. The third-order valence-corrected chi connectivity index (χ3v) is 10.4. The summed E-state index contributed by atoms with van der Waals surface area (Å²) >= 11 is 0. The molecule has 6 heteroatoms. The topological polar surface area (TPSA) is 52.6 Å². The van der Waals surface area contributed by atoms with E-state index in [1.165, 1.54) is 0 Å². The first-order valence-corrected chi connectivity index (χ1v) is 15.3. The maximum absolute atomic E-state index is 13.4. The summed E-state index contributed by atoms with van der Waals surface area (Å²) in [5.41, 5.74) is 4.17. The minimum Gasteiger partial charge on any atom is -0.496 e. The van der Waals surface area contributed by atoms with Crippen LogP contribution in [0.25, 0.3) is 0 Å². The van der Waals surface area contributed by atoms with Crippen LogP contribution in [0.15, 0.2) is 97.1 Å². The fourth-order valence-electron chi connectivity index (χ4n) is 4.50. The largest absolute Gasteiger partial charge is 0.496 e. The Kier molecular flexibility index (Phi) is 9.23. The quantitative estimate of drug-likeness (QED) is 0.230. The third-order valence-electron chi connectivity index (χ3n) is 6.36. The highest BCUT2D eigenvalue weighted by Crippen LogP contribution is 2.32. The highest BCUT2D eigenvalue weighted by molar-refractivity contribution is 7.57. The lowest BCUT2D eigenvalue weighted by molar-refractivity contribution is 0.410. The first-order valence-electron chi connectivity index (χ1n) is 12.1. The maximum Gasteiger partial charge on any atom is 0.122 e. The first kappa shape index (κ1) is 26.0. The fraction of sp³-hybridized carbons (Fsp3) is 0.200. The highest BCUT2D eigenvalue weighted by Gasteiger charge is 2.16. The van der Waals surface area contributed by atoms with E-state index in [4.69, 9.17) is 9.47 Å². The smallest absolute Gasteiger partial charge is 0.122 e. The number of hydrogen-bond acceptors (Lipinski definition) is 4. The van der Waals surface area contributed by atoms with Crippen molar-refractivity contribution in [1.29, 1.82) is 0 Å². The Bertz CT molecular complexity index is 1260. The molecule has 0 fully saturated rings. The molecule has 4 aromatic carbocycles. The van der Waals surface area contributed by atoms with Crippen LogP contribution in [0.3, 0.4) is 0 Å². The molecular weight excluding hydrogens is 486 g/mol. The molecule has 2 unspecified atom stereocenters. The second-order valence-electron chi connectivity index (χ2n) is 8.64. The fourth-order valence-corrected chi connectivity index (χ4v) is 8.48. The highest BCUT2D eigenvalue weighted by atomic mass is 31.1. The van der Waals surface area contributed by atoms with E-state index >= 15 is 0 Å². The van der Waals surface area contributed by atoms with Crippen molar-refractivity contribution in [2.45, 2.75) is 12.8 Å². The zero-order valence-corrected chi connectivity index (χ0v) is 22.7. The zero-order valence-electron chi connectivity index (χ0n) is 20.7. The Morgan fingerprint density at radius 3 is 1.22 bits per heavy atom. The molecule has 0 aliphatic carbocycles. The normalized spacial score (nSPS) is 12.6. The van der Waals surface area contributed by atoms with Gasteiger partial charge in [-0.2, -0.15) is 0 Å². The maximum atomic E-state index is 13.4. The third kappa shape index (κ3) is 6.38. The van der Waals surface area contributed by atoms with E-state index in [1.807, 2.05) is 97.1 Å². The molecule has 0 saturated carbocycles. The van der Waals surface area contributed by atoms with Gasteiger partial charge in [0.2, 0.25) is 0 Å². The van der Waals surface area contributed by atoms with E-state index in [-0.39, 0.29) is 0 Å². The van der Waals surface area contributed by atoms with Gasteiger partial charge in [-0.3, -0.25) is 0 Å². The van der Waals surface area contributed by atoms with Gasteiger partial charge in [-0.05, 0) is 34.4 Å². The Balaban J connectivity index is 1.48. The molecule has 0 aromatic heterocycles. The summed E-state index contributed by atoms with van der Waals surface area (Å²) in [7, 11) is -0.881. The van der Waals surface area contributed by atoms with Crippen LogP contribution in [0.5, 0.6) is 11.5 Å². The van der Waals surface area contributed by atoms with Crippen molar-refractivity contribution in [1.82, 2.24) is 0 Å². The van der Waals surface area contributed by atoms with E-state index in [1.54, 1.807) is 14.2 Å². The van der Waals surface area contributed by atoms with Crippen LogP contribution < -0.4 is 20.1 Å². The molecule has 2 atom stereocenters. The van der Waals surface area contributed by atoms with Crippen molar-refractivity contribution in [2.24, 2.45) is 0 Å². The molecule has 0 saturated heterocycles. The second kappa shape index (κ2) is 12.8. The molecule has 4 rings (SSSR count). The number of hydrogen-bond donors (Lipinski definition) is 0. The number of methoxy groups -OCH3 is 2. The van der Waals surface area contributed by atoms with Crippen LogP contribution >= 0.6 is 15.6 Å². The molecule has 4 nitrogen and oxygen atoms in total. The van der Waals surface area contributed by atoms with Gasteiger partial charge in [-0.25, -0.2) is 0 Å². The molecule has 186 valence electrons. The van der Waals surface area contributed by atoms with Gasteiger partial charge in [0.1, 0.15) is 27.1 Å². The van der Waals surface area contributed by atoms with Gasteiger partial charge in [-0.1, -0.05) is 84.9 Å². The Morgan fingerprint density at radius 2 is 0.833 bits per heavy atom. The lowest BCUT2D eigenvalue weighted by atomic mass is 10.0. The van der Waals surface area contributed by atoms with Crippen molar-refractivity contribution < 1.29 is 18.6 Å². The molecule has 0 heterocycles. The molecule has 4 aromatic rings. The van der Waals surface area contributed by atoms with Crippen LogP contribution in [0, 0.1) is 0 Å². The summed E-state index contributed by atoms with van der Waals surface area (Å²) in [4.78, 5) is 0. The molecule has 0 radical (unpaired) electrons. The second-order valence-corrected chi connectivity index (χ2v) is 12.4. The van der Waals surface area contributed by atoms with Gasteiger partial charge in [0.15, 0.2) is 0 Å². The van der Waals surface area contributed by atoms with Gasteiger partial charge in [0.25, 0.3) is 0 Å². The van der Waals surface area contributed by atoms with Gasteiger partial charge in [-0.15, -0.1) is 0 Å². The van der Waals surface area contributed by atoms with Crippen LogP contribution in [0.2, 0.25) is 0 Å². The summed E-state index contributed by atoms with van der Waals surface area (Å²) in [6, 6.07) is 31.5. The molecule has 36 heavy (non-hydrogen) atoms. The number of rotatable bonds is 11. The van der Waals surface area contributed by atoms with Crippen LogP contribution in [0.4, 0.5) is 0 Å². The van der Waals surface area contributed by atoms with Crippen LogP contribution in [0.1, 0.15) is 22.3 Å². The van der Waals surface area contributed by atoms with Gasteiger partial charge in [0, 0.05) is 35.8 Å². The number of benzene rings is 4. The van der Waals surface area contributed by atoms with Crippen LogP contribution in [-0.4, -0.2) is 26.5 Å². The van der Waals surface area contributed by atoms with Crippen molar-refractivity contribution in [3.8, 4) is 11.5 Å². The lowest BCUT2D eigenvalue weighted by Crippen LogP contribution is -2.11. The Morgan fingerprint density at radius 1 is 0.500 bits per heavy atom. The monoisotopic (exact) mass is 518 g/mol. The first-order chi connectivity index (χ1) is 17.6. The van der Waals surface area contributed by atoms with E-state index in [0.29, 0.717) is 25.2 Å². The van der Waals surface area contributed by atoms with Crippen molar-refractivity contribution >= 4 is 26.2 Å². The molecule has 0 amide bonds. The minimum absolute atomic E-state index is 0.425. The predicted octanol–water partition coefficient (Wildman–Crippen LogP) is 5.96. The average molecular weight is 519 g/mol. The molecule has 0 aliphatic heterocycles. The summed E-state index contributed by atoms with van der Waals surface area (Å²) in [6.45, 7) is 0. The minimum atomic E-state index is -2.10. The van der Waals surface area contributed by atoms with Gasteiger partial charge < -0.3 is 18.6 Å². The van der Waals surface area contributed by atoms with Crippen molar-refractivity contribution in [3.05, 3.63) is 119 Å². The standard InChI is InChI=1S/C30H32O4P2/c1-33-27-15-7-3-11-23(27)21-25-13-5-9-17-29(25)35(31)19-20-36(32)30-18-10-6-14-26(30)22-24-12-4-8-16-28(24)34-2/h3-18,35-36H,19-22H2,1-2H3. The number of ether oxygens (including phenoxy) is 2. The van der Waals surface area contributed by atoms with Crippen LogP contribution in [-0.2, 0) is 22.0 Å².